The predicted molar refractivity (Wildman–Crippen MR) is 69.9 cm³/mol. The van der Waals surface area contributed by atoms with Gasteiger partial charge in [-0.05, 0) is 30.8 Å². The van der Waals surface area contributed by atoms with Crippen molar-refractivity contribution < 1.29 is 4.79 Å². The number of rotatable bonds is 4. The fourth-order valence-corrected chi connectivity index (χ4v) is 1.85. The molecule has 1 aromatic heterocycles. The van der Waals surface area contributed by atoms with Crippen LogP contribution in [0.5, 0.6) is 0 Å². The van der Waals surface area contributed by atoms with Crippen LogP contribution in [0.3, 0.4) is 0 Å². The minimum atomic E-state index is -0.549. The first kappa shape index (κ1) is 12.6. The summed E-state index contributed by atoms with van der Waals surface area (Å²) in [6, 6.07) is 7.17. The number of hydrogen-bond donors (Lipinski definition) is 2. The first-order valence-corrected chi connectivity index (χ1v) is 5.78. The third-order valence-corrected chi connectivity index (χ3v) is 2.86. The Bertz CT molecular complexity index is 579. The maximum absolute atomic E-state index is 11.0. The summed E-state index contributed by atoms with van der Waals surface area (Å²) in [6.07, 6.45) is 1.67. The maximum Gasteiger partial charge on any atom is 0.269 e. The Morgan fingerprint density at radius 2 is 2.28 bits per heavy atom. The maximum atomic E-state index is 11.0. The second kappa shape index (κ2) is 5.20. The molecule has 0 unspecified atom stereocenters. The van der Waals surface area contributed by atoms with Gasteiger partial charge in [-0.15, -0.1) is 0 Å². The minimum absolute atomic E-state index is 0.227. The molecule has 2 aromatic rings. The lowest BCUT2D eigenvalue weighted by atomic mass is 10.2. The van der Waals surface area contributed by atoms with Crippen molar-refractivity contribution in [2.45, 2.75) is 6.54 Å². The number of benzene rings is 1. The molecule has 0 aliphatic carbocycles. The van der Waals surface area contributed by atoms with Gasteiger partial charge >= 0.3 is 0 Å². The molecule has 1 aromatic carbocycles. The lowest BCUT2D eigenvalue weighted by Crippen LogP contribution is -2.12. The van der Waals surface area contributed by atoms with Gasteiger partial charge < -0.3 is 11.1 Å². The monoisotopic (exact) mass is 264 g/mol. The number of nitrogens with one attached hydrogen (secondary N) is 1. The fourth-order valence-electron chi connectivity index (χ4n) is 1.61. The van der Waals surface area contributed by atoms with Gasteiger partial charge in [-0.1, -0.05) is 17.7 Å². The van der Waals surface area contributed by atoms with Crippen molar-refractivity contribution in [3.05, 3.63) is 46.7 Å². The van der Waals surface area contributed by atoms with E-state index in [9.17, 15) is 4.79 Å². The zero-order chi connectivity index (χ0) is 13.1. The molecule has 94 valence electrons. The number of nitrogens with two attached hydrogens (primary N) is 1. The second-order valence-corrected chi connectivity index (χ2v) is 4.22. The van der Waals surface area contributed by atoms with Crippen molar-refractivity contribution in [1.82, 2.24) is 15.1 Å². The van der Waals surface area contributed by atoms with Gasteiger partial charge in [-0.2, -0.15) is 5.10 Å². The van der Waals surface area contributed by atoms with Crippen molar-refractivity contribution in [2.24, 2.45) is 5.73 Å². The highest BCUT2D eigenvalue weighted by atomic mass is 35.5. The predicted octanol–water partition coefficient (Wildman–Crippen LogP) is 1.34. The quantitative estimate of drug-likeness (QED) is 0.875. The van der Waals surface area contributed by atoms with Gasteiger partial charge in [-0.3, -0.25) is 4.79 Å². The van der Waals surface area contributed by atoms with Crippen molar-refractivity contribution in [3.63, 3.8) is 0 Å². The Morgan fingerprint density at radius 3 is 2.83 bits per heavy atom. The largest absolute Gasteiger partial charge is 0.364 e. The molecule has 1 heterocycles. The summed E-state index contributed by atoms with van der Waals surface area (Å²) in [7, 11) is 1.86. The lowest BCUT2D eigenvalue weighted by Gasteiger charge is -2.06. The van der Waals surface area contributed by atoms with Crippen LogP contribution in [0.25, 0.3) is 5.69 Å². The van der Waals surface area contributed by atoms with Gasteiger partial charge in [-0.25, -0.2) is 4.68 Å². The number of amides is 1. The average Bonchev–Trinajstić information content (AvgIpc) is 2.81. The molecule has 0 atom stereocenters. The van der Waals surface area contributed by atoms with Crippen LogP contribution < -0.4 is 11.1 Å². The summed E-state index contributed by atoms with van der Waals surface area (Å²) in [5.41, 5.74) is 7.17. The van der Waals surface area contributed by atoms with E-state index in [0.29, 0.717) is 11.6 Å². The molecular weight excluding hydrogens is 252 g/mol. The topological polar surface area (TPSA) is 72.9 Å². The van der Waals surface area contributed by atoms with Gasteiger partial charge in [0.2, 0.25) is 0 Å². The molecule has 0 fully saturated rings. The van der Waals surface area contributed by atoms with E-state index in [-0.39, 0.29) is 5.69 Å². The van der Waals surface area contributed by atoms with Crippen LogP contribution in [0.1, 0.15) is 16.1 Å². The Balaban J connectivity index is 2.33. The number of primary amides is 1. The van der Waals surface area contributed by atoms with E-state index >= 15 is 0 Å². The van der Waals surface area contributed by atoms with Gasteiger partial charge in [0.05, 0.1) is 5.69 Å². The number of carbonyl (C=O) groups is 1. The van der Waals surface area contributed by atoms with Gasteiger partial charge in [0.25, 0.3) is 5.91 Å². The molecule has 3 N–H and O–H groups in total. The molecule has 0 bridgehead atoms. The molecule has 0 saturated carbocycles. The second-order valence-electron chi connectivity index (χ2n) is 3.82. The van der Waals surface area contributed by atoms with E-state index in [1.807, 2.05) is 19.2 Å². The zero-order valence-corrected chi connectivity index (χ0v) is 10.6. The summed E-state index contributed by atoms with van der Waals surface area (Å²) >= 11 is 6.15. The van der Waals surface area contributed by atoms with Crippen molar-refractivity contribution >= 4 is 17.5 Å². The molecule has 6 heteroatoms. The average molecular weight is 265 g/mol. The summed E-state index contributed by atoms with van der Waals surface area (Å²) in [4.78, 5) is 11.0. The molecule has 0 spiro atoms. The first-order valence-electron chi connectivity index (χ1n) is 5.40. The van der Waals surface area contributed by atoms with Crippen LogP contribution in [-0.2, 0) is 6.54 Å². The van der Waals surface area contributed by atoms with E-state index in [2.05, 4.69) is 10.4 Å². The third-order valence-electron chi connectivity index (χ3n) is 2.51. The summed E-state index contributed by atoms with van der Waals surface area (Å²) < 4.78 is 1.56. The molecule has 1 amide bonds. The Kier molecular flexibility index (Phi) is 3.64. The highest BCUT2D eigenvalue weighted by Gasteiger charge is 2.07. The molecule has 18 heavy (non-hydrogen) atoms. The number of halogens is 1. The van der Waals surface area contributed by atoms with E-state index in [1.54, 1.807) is 23.0 Å². The van der Waals surface area contributed by atoms with E-state index < -0.39 is 5.91 Å². The highest BCUT2D eigenvalue weighted by Crippen LogP contribution is 2.20. The van der Waals surface area contributed by atoms with E-state index in [0.717, 1.165) is 11.3 Å². The van der Waals surface area contributed by atoms with Gasteiger partial charge in [0.1, 0.15) is 5.69 Å². The Hall–Kier alpha value is -1.85. The summed E-state index contributed by atoms with van der Waals surface area (Å²) in [5.74, 6) is -0.549. The first-order chi connectivity index (χ1) is 8.61. The third kappa shape index (κ3) is 2.52. The number of nitrogens with zero attached hydrogens (tertiary/aromatic N) is 2. The molecular formula is C12H13ClN4O. The van der Waals surface area contributed by atoms with Crippen LogP contribution in [-0.4, -0.2) is 22.7 Å². The normalized spacial score (nSPS) is 10.6. The summed E-state index contributed by atoms with van der Waals surface area (Å²) in [5, 5.41) is 7.75. The van der Waals surface area contributed by atoms with Crippen LogP contribution >= 0.6 is 11.6 Å². The van der Waals surface area contributed by atoms with E-state index in [4.69, 9.17) is 17.3 Å². The molecule has 0 aliphatic heterocycles. The number of carbonyl (C=O) groups excluding carboxylic acids is 1. The van der Waals surface area contributed by atoms with Crippen molar-refractivity contribution in [1.29, 1.82) is 0 Å². The van der Waals surface area contributed by atoms with Crippen LogP contribution in [0.2, 0.25) is 5.02 Å². The van der Waals surface area contributed by atoms with Crippen LogP contribution in [0.4, 0.5) is 0 Å². The van der Waals surface area contributed by atoms with Crippen LogP contribution in [0, 0.1) is 0 Å². The Morgan fingerprint density at radius 1 is 1.50 bits per heavy atom. The summed E-state index contributed by atoms with van der Waals surface area (Å²) in [6.45, 7) is 0.699. The minimum Gasteiger partial charge on any atom is -0.364 e. The number of aromatic nitrogens is 2. The molecule has 2 rings (SSSR count). The van der Waals surface area contributed by atoms with Gasteiger partial charge in [0, 0.05) is 17.8 Å². The van der Waals surface area contributed by atoms with Crippen LogP contribution in [0.15, 0.2) is 30.5 Å². The standard InChI is InChI=1S/C12H13ClN4O/c1-15-7-8-2-3-9(6-10(8)13)17-5-4-11(16-17)12(14)18/h2-6,15H,7H2,1H3,(H2,14,18). The zero-order valence-electron chi connectivity index (χ0n) is 9.85. The SMILES string of the molecule is CNCc1ccc(-n2ccc(C(N)=O)n2)cc1Cl. The fraction of sp³-hybridized carbons (Fsp3) is 0.167. The van der Waals surface area contributed by atoms with Crippen molar-refractivity contribution in [2.75, 3.05) is 7.05 Å². The Labute approximate surface area is 110 Å². The van der Waals surface area contributed by atoms with Gasteiger partial charge in [0.15, 0.2) is 0 Å². The van der Waals surface area contributed by atoms with Crippen molar-refractivity contribution in [3.8, 4) is 5.69 Å². The molecule has 0 radical (unpaired) electrons. The lowest BCUT2D eigenvalue weighted by molar-refractivity contribution is 0.0995. The number of hydrogen-bond acceptors (Lipinski definition) is 3. The highest BCUT2D eigenvalue weighted by molar-refractivity contribution is 6.31. The molecule has 0 aliphatic rings. The van der Waals surface area contributed by atoms with E-state index in [1.165, 1.54) is 0 Å². The molecule has 0 saturated heterocycles. The molecule has 5 nitrogen and oxygen atoms in total. The smallest absolute Gasteiger partial charge is 0.269 e.